The van der Waals surface area contributed by atoms with Crippen LogP contribution in [0.3, 0.4) is 0 Å². The zero-order chi connectivity index (χ0) is 28.5. The molecule has 0 saturated heterocycles. The summed E-state index contributed by atoms with van der Waals surface area (Å²) in [6.45, 7) is 13.2. The van der Waals surface area contributed by atoms with Gasteiger partial charge in [-0.05, 0) is 70.9 Å². The van der Waals surface area contributed by atoms with Gasteiger partial charge in [-0.15, -0.1) is 6.42 Å². The number of carbonyl (C=O) groups is 3. The number of rotatable bonds is 10. The van der Waals surface area contributed by atoms with Gasteiger partial charge in [0.15, 0.2) is 0 Å². The number of benzene rings is 1. The number of terminal acetylenes is 1. The van der Waals surface area contributed by atoms with E-state index in [0.717, 1.165) is 25.7 Å². The van der Waals surface area contributed by atoms with Gasteiger partial charge in [-0.2, -0.15) is 0 Å². The first-order chi connectivity index (χ1) is 17.9. The highest BCUT2D eigenvalue weighted by atomic mass is 16.6. The summed E-state index contributed by atoms with van der Waals surface area (Å²) in [6.07, 6.45) is 11.4. The Morgan fingerprint density at radius 2 is 1.74 bits per heavy atom. The zero-order valence-electron chi connectivity index (χ0n) is 24.3. The van der Waals surface area contributed by atoms with Crippen molar-refractivity contribution in [2.24, 2.45) is 5.92 Å². The second-order valence-corrected chi connectivity index (χ2v) is 11.8. The Hall–Kier alpha value is -3.01. The average Bonchev–Trinajstić information content (AvgIpc) is 2.85. The van der Waals surface area contributed by atoms with Crippen molar-refractivity contribution in [3.05, 3.63) is 35.4 Å². The minimum Gasteiger partial charge on any atom is -0.444 e. The molecule has 3 atom stereocenters. The number of hydrogen-bond donors (Lipinski definition) is 2. The van der Waals surface area contributed by atoms with Crippen molar-refractivity contribution in [3.8, 4) is 12.3 Å². The topological polar surface area (TPSA) is 87.7 Å². The third kappa shape index (κ3) is 9.08. The van der Waals surface area contributed by atoms with Gasteiger partial charge in [-0.25, -0.2) is 4.79 Å². The van der Waals surface area contributed by atoms with Crippen LogP contribution in [-0.4, -0.2) is 46.5 Å². The minimum atomic E-state index is -0.929. The van der Waals surface area contributed by atoms with Crippen molar-refractivity contribution in [3.63, 3.8) is 0 Å². The summed E-state index contributed by atoms with van der Waals surface area (Å²) in [5.41, 5.74) is 0.468. The van der Waals surface area contributed by atoms with E-state index in [1.165, 1.54) is 6.42 Å². The fraction of sp³-hybridized carbons (Fsp3) is 0.645. The number of hydrogen-bond acceptors (Lipinski definition) is 4. The molecule has 38 heavy (non-hydrogen) atoms. The van der Waals surface area contributed by atoms with Crippen molar-refractivity contribution < 1.29 is 19.1 Å². The number of alkyl carbamates (subject to hydrolysis) is 1. The lowest BCUT2D eigenvalue weighted by molar-refractivity contribution is -0.145. The van der Waals surface area contributed by atoms with Gasteiger partial charge < -0.3 is 20.3 Å². The van der Waals surface area contributed by atoms with Crippen molar-refractivity contribution in [2.45, 2.75) is 123 Å². The van der Waals surface area contributed by atoms with Crippen molar-refractivity contribution >= 4 is 17.9 Å². The maximum atomic E-state index is 14.3. The monoisotopic (exact) mass is 525 g/mol. The molecule has 1 aromatic carbocycles. The predicted octanol–water partition coefficient (Wildman–Crippen LogP) is 5.72. The number of carbonyl (C=O) groups excluding carboxylic acids is 3. The summed E-state index contributed by atoms with van der Waals surface area (Å²) in [7, 11) is 0. The Balaban J connectivity index is 2.55. The Labute approximate surface area is 229 Å². The van der Waals surface area contributed by atoms with Gasteiger partial charge in [0, 0.05) is 17.6 Å². The first-order valence-corrected chi connectivity index (χ1v) is 14.1. The quantitative estimate of drug-likeness (QED) is 0.382. The molecule has 0 radical (unpaired) electrons. The molecular formula is C31H47N3O4. The summed E-state index contributed by atoms with van der Waals surface area (Å²) in [5.74, 6) is 2.25. The Kier molecular flexibility index (Phi) is 11.7. The lowest BCUT2D eigenvalue weighted by Gasteiger charge is -2.39. The Bertz CT molecular complexity index is 986. The van der Waals surface area contributed by atoms with Crippen LogP contribution in [0.5, 0.6) is 0 Å². The average molecular weight is 526 g/mol. The standard InChI is InChI=1S/C31H47N3O4/c1-9-22(5)34(29(36)26(20-21(3)4)33-30(37)38-31(6,7)8)27(25-19-15-14-16-23(25)10-2)28(35)32-24-17-12-11-13-18-24/h2,14-16,19,21-22,24,26-27H,9,11-13,17-18,20H2,1,3-8H3,(H,32,35)(H,33,37). The molecule has 0 heterocycles. The van der Waals surface area contributed by atoms with E-state index in [4.69, 9.17) is 11.2 Å². The molecule has 2 rings (SSSR count). The highest BCUT2D eigenvalue weighted by Crippen LogP contribution is 2.30. The zero-order valence-corrected chi connectivity index (χ0v) is 24.3. The summed E-state index contributed by atoms with van der Waals surface area (Å²) in [4.78, 5) is 42.7. The minimum absolute atomic E-state index is 0.0667. The van der Waals surface area contributed by atoms with Crippen LogP contribution < -0.4 is 10.6 Å². The fourth-order valence-electron chi connectivity index (χ4n) is 4.93. The van der Waals surface area contributed by atoms with Crippen LogP contribution in [-0.2, 0) is 14.3 Å². The number of nitrogens with one attached hydrogen (secondary N) is 2. The van der Waals surface area contributed by atoms with E-state index in [0.29, 0.717) is 24.0 Å². The Morgan fingerprint density at radius 3 is 2.29 bits per heavy atom. The van der Waals surface area contributed by atoms with E-state index in [1.54, 1.807) is 31.7 Å². The van der Waals surface area contributed by atoms with Crippen LogP contribution in [0.25, 0.3) is 0 Å². The summed E-state index contributed by atoms with van der Waals surface area (Å²) in [6, 6.07) is 5.27. The molecule has 1 aromatic rings. The van der Waals surface area contributed by atoms with Gasteiger partial charge in [0.1, 0.15) is 17.7 Å². The molecule has 1 aliphatic rings. The molecule has 1 fully saturated rings. The molecule has 3 unspecified atom stereocenters. The molecule has 0 bridgehead atoms. The van der Waals surface area contributed by atoms with Crippen molar-refractivity contribution in [1.29, 1.82) is 0 Å². The summed E-state index contributed by atoms with van der Waals surface area (Å²) >= 11 is 0. The third-order valence-electron chi connectivity index (χ3n) is 6.91. The smallest absolute Gasteiger partial charge is 0.408 e. The van der Waals surface area contributed by atoms with E-state index < -0.39 is 23.8 Å². The van der Waals surface area contributed by atoms with E-state index in [2.05, 4.69) is 16.6 Å². The van der Waals surface area contributed by atoms with E-state index in [1.807, 2.05) is 45.9 Å². The second kappa shape index (κ2) is 14.2. The normalized spacial score (nSPS) is 16.6. The SMILES string of the molecule is C#Cc1ccccc1C(C(=O)NC1CCCCC1)N(C(=O)C(CC(C)C)NC(=O)OC(C)(C)C)C(C)CC. The highest BCUT2D eigenvalue weighted by molar-refractivity contribution is 5.93. The van der Waals surface area contributed by atoms with Crippen LogP contribution >= 0.6 is 0 Å². The van der Waals surface area contributed by atoms with Gasteiger partial charge in [0.25, 0.3) is 0 Å². The predicted molar refractivity (Wildman–Crippen MR) is 151 cm³/mol. The molecule has 0 spiro atoms. The molecule has 1 aliphatic carbocycles. The number of ether oxygens (including phenoxy) is 1. The van der Waals surface area contributed by atoms with Crippen molar-refractivity contribution in [1.82, 2.24) is 15.5 Å². The lowest BCUT2D eigenvalue weighted by Crippen LogP contribution is -2.56. The molecule has 0 aromatic heterocycles. The summed E-state index contributed by atoms with van der Waals surface area (Å²) < 4.78 is 5.47. The van der Waals surface area contributed by atoms with Crippen LogP contribution in [0.1, 0.15) is 111 Å². The number of amides is 3. The highest BCUT2D eigenvalue weighted by Gasteiger charge is 2.40. The third-order valence-corrected chi connectivity index (χ3v) is 6.91. The van der Waals surface area contributed by atoms with Gasteiger partial charge in [-0.1, -0.05) is 64.2 Å². The number of nitrogens with zero attached hydrogens (tertiary/aromatic N) is 1. The molecule has 1 saturated carbocycles. The maximum absolute atomic E-state index is 14.3. The molecule has 7 nitrogen and oxygen atoms in total. The van der Waals surface area contributed by atoms with E-state index in [9.17, 15) is 14.4 Å². The van der Waals surface area contributed by atoms with Gasteiger partial charge in [-0.3, -0.25) is 9.59 Å². The molecule has 7 heteroatoms. The van der Waals surface area contributed by atoms with Gasteiger partial charge in [0.05, 0.1) is 0 Å². The van der Waals surface area contributed by atoms with Gasteiger partial charge >= 0.3 is 6.09 Å². The summed E-state index contributed by atoms with van der Waals surface area (Å²) in [5, 5.41) is 6.02. The lowest BCUT2D eigenvalue weighted by atomic mass is 9.92. The van der Waals surface area contributed by atoms with Gasteiger partial charge in [0.2, 0.25) is 11.8 Å². The van der Waals surface area contributed by atoms with Crippen molar-refractivity contribution in [2.75, 3.05) is 0 Å². The van der Waals surface area contributed by atoms with E-state index in [-0.39, 0.29) is 29.8 Å². The first kappa shape index (κ1) is 31.2. The molecule has 2 N–H and O–H groups in total. The molecule has 3 amide bonds. The maximum Gasteiger partial charge on any atom is 0.408 e. The largest absolute Gasteiger partial charge is 0.444 e. The fourth-order valence-corrected chi connectivity index (χ4v) is 4.93. The first-order valence-electron chi connectivity index (χ1n) is 14.1. The van der Waals surface area contributed by atoms with Crippen LogP contribution in [0.4, 0.5) is 4.79 Å². The second-order valence-electron chi connectivity index (χ2n) is 11.8. The van der Waals surface area contributed by atoms with Crippen LogP contribution in [0, 0.1) is 18.3 Å². The molecule has 0 aliphatic heterocycles. The molecule has 210 valence electrons. The van der Waals surface area contributed by atoms with Crippen LogP contribution in [0.15, 0.2) is 24.3 Å². The van der Waals surface area contributed by atoms with Crippen LogP contribution in [0.2, 0.25) is 0 Å². The Morgan fingerprint density at radius 1 is 1.11 bits per heavy atom. The van der Waals surface area contributed by atoms with E-state index >= 15 is 0 Å². The molecular weight excluding hydrogens is 478 g/mol.